The van der Waals surface area contributed by atoms with Crippen molar-refractivity contribution in [3.05, 3.63) is 83.7 Å². The van der Waals surface area contributed by atoms with Crippen molar-refractivity contribution >= 4 is 5.95 Å². The fourth-order valence-electron chi connectivity index (χ4n) is 2.28. The van der Waals surface area contributed by atoms with E-state index < -0.39 is 23.7 Å². The topological polar surface area (TPSA) is 50.7 Å². The molecule has 0 aliphatic heterocycles. The zero-order valence-corrected chi connectivity index (χ0v) is 12.7. The third kappa shape index (κ3) is 4.09. The van der Waals surface area contributed by atoms with Gasteiger partial charge < -0.3 is 5.32 Å². The Labute approximate surface area is 140 Å². The van der Waals surface area contributed by atoms with Crippen molar-refractivity contribution in [2.75, 3.05) is 5.32 Å². The second-order valence-corrected chi connectivity index (χ2v) is 5.15. The maximum absolute atomic E-state index is 13.6. The van der Waals surface area contributed by atoms with E-state index in [9.17, 15) is 17.6 Å². The van der Waals surface area contributed by atoms with Gasteiger partial charge in [-0.05, 0) is 35.9 Å². The van der Waals surface area contributed by atoms with Crippen LogP contribution in [0.3, 0.4) is 0 Å². The summed E-state index contributed by atoms with van der Waals surface area (Å²) < 4.78 is 52.0. The Morgan fingerprint density at radius 3 is 2.44 bits per heavy atom. The molecule has 4 nitrogen and oxygen atoms in total. The number of alkyl halides is 3. The molecule has 0 bridgehead atoms. The van der Waals surface area contributed by atoms with Gasteiger partial charge in [0, 0.05) is 12.4 Å². The Bertz CT molecular complexity index is 853. The fourth-order valence-corrected chi connectivity index (χ4v) is 2.28. The maximum atomic E-state index is 13.6. The van der Waals surface area contributed by atoms with E-state index >= 15 is 0 Å². The minimum Gasteiger partial charge on any atom is -0.342 e. The van der Waals surface area contributed by atoms with Crippen LogP contribution in [0.5, 0.6) is 0 Å². The molecule has 0 amide bonds. The third-order valence-corrected chi connectivity index (χ3v) is 3.38. The lowest BCUT2D eigenvalue weighted by Gasteiger charge is -2.19. The van der Waals surface area contributed by atoms with Crippen LogP contribution in [-0.4, -0.2) is 15.0 Å². The first-order chi connectivity index (χ1) is 11.9. The Balaban J connectivity index is 1.99. The summed E-state index contributed by atoms with van der Waals surface area (Å²) in [5, 5.41) is 2.80. The van der Waals surface area contributed by atoms with Crippen LogP contribution in [0, 0.1) is 5.82 Å². The van der Waals surface area contributed by atoms with Crippen LogP contribution in [0.4, 0.5) is 23.5 Å². The summed E-state index contributed by atoms with van der Waals surface area (Å²) in [4.78, 5) is 11.5. The lowest BCUT2D eigenvalue weighted by atomic mass is 10.0. The molecule has 1 unspecified atom stereocenters. The van der Waals surface area contributed by atoms with Gasteiger partial charge in [-0.3, -0.25) is 4.98 Å². The molecule has 0 spiro atoms. The lowest BCUT2D eigenvalue weighted by Crippen LogP contribution is -2.17. The third-order valence-electron chi connectivity index (χ3n) is 3.38. The molecule has 128 valence electrons. The smallest absolute Gasteiger partial charge is 0.342 e. The van der Waals surface area contributed by atoms with E-state index in [1.807, 2.05) is 0 Å². The Morgan fingerprint density at radius 2 is 1.76 bits per heavy atom. The van der Waals surface area contributed by atoms with Gasteiger partial charge in [0.05, 0.1) is 11.7 Å². The number of rotatable bonds is 4. The molecule has 0 aliphatic rings. The SMILES string of the molecule is Fc1cccc(C(Nc2nccc(C(F)(F)F)n2)c2ccccn2)c1. The first kappa shape index (κ1) is 16.8. The van der Waals surface area contributed by atoms with E-state index in [2.05, 4.69) is 20.3 Å². The van der Waals surface area contributed by atoms with E-state index in [0.29, 0.717) is 11.3 Å². The summed E-state index contributed by atoms with van der Waals surface area (Å²) in [6.45, 7) is 0. The molecular formula is C17H12F4N4. The maximum Gasteiger partial charge on any atom is 0.433 e. The van der Waals surface area contributed by atoms with E-state index in [4.69, 9.17) is 0 Å². The molecule has 2 aromatic heterocycles. The Morgan fingerprint density at radius 1 is 0.920 bits per heavy atom. The molecule has 3 rings (SSSR count). The predicted molar refractivity (Wildman–Crippen MR) is 83.1 cm³/mol. The van der Waals surface area contributed by atoms with Gasteiger partial charge in [0.25, 0.3) is 0 Å². The van der Waals surface area contributed by atoms with Crippen LogP contribution in [0.25, 0.3) is 0 Å². The normalized spacial score (nSPS) is 12.6. The molecule has 1 aromatic carbocycles. The van der Waals surface area contributed by atoms with Crippen molar-refractivity contribution in [2.24, 2.45) is 0 Å². The van der Waals surface area contributed by atoms with E-state index in [-0.39, 0.29) is 5.95 Å². The van der Waals surface area contributed by atoms with Crippen LogP contribution >= 0.6 is 0 Å². The molecule has 3 aromatic rings. The van der Waals surface area contributed by atoms with Crippen molar-refractivity contribution in [1.82, 2.24) is 15.0 Å². The molecular weight excluding hydrogens is 336 g/mol. The summed E-state index contributed by atoms with van der Waals surface area (Å²) in [6, 6.07) is 10.9. The molecule has 1 N–H and O–H groups in total. The zero-order valence-electron chi connectivity index (χ0n) is 12.7. The van der Waals surface area contributed by atoms with Gasteiger partial charge in [-0.15, -0.1) is 0 Å². The second-order valence-electron chi connectivity index (χ2n) is 5.15. The number of anilines is 1. The molecule has 0 saturated heterocycles. The average molecular weight is 348 g/mol. The number of hydrogen-bond acceptors (Lipinski definition) is 4. The summed E-state index contributed by atoms with van der Waals surface area (Å²) in [5.41, 5.74) is -0.0853. The van der Waals surface area contributed by atoms with E-state index in [1.165, 1.54) is 24.4 Å². The zero-order chi connectivity index (χ0) is 17.9. The first-order valence-electron chi connectivity index (χ1n) is 7.26. The molecule has 2 heterocycles. The number of benzene rings is 1. The van der Waals surface area contributed by atoms with Crippen LogP contribution in [0.15, 0.2) is 60.9 Å². The van der Waals surface area contributed by atoms with Gasteiger partial charge in [-0.1, -0.05) is 18.2 Å². The van der Waals surface area contributed by atoms with Gasteiger partial charge >= 0.3 is 6.18 Å². The molecule has 0 fully saturated rings. The highest BCUT2D eigenvalue weighted by Crippen LogP contribution is 2.29. The number of halogens is 4. The van der Waals surface area contributed by atoms with Gasteiger partial charge in [-0.2, -0.15) is 13.2 Å². The Kier molecular flexibility index (Phi) is 4.60. The Hall–Kier alpha value is -3.03. The number of aromatic nitrogens is 3. The molecule has 1 atom stereocenters. The monoisotopic (exact) mass is 348 g/mol. The summed E-state index contributed by atoms with van der Waals surface area (Å²) in [7, 11) is 0. The molecule has 25 heavy (non-hydrogen) atoms. The predicted octanol–water partition coefficient (Wildman–Crippen LogP) is 4.23. The van der Waals surface area contributed by atoms with E-state index in [0.717, 1.165) is 12.3 Å². The van der Waals surface area contributed by atoms with Crippen molar-refractivity contribution in [1.29, 1.82) is 0 Å². The van der Waals surface area contributed by atoms with Crippen molar-refractivity contribution < 1.29 is 17.6 Å². The van der Waals surface area contributed by atoms with Crippen LogP contribution in [-0.2, 0) is 6.18 Å². The minimum atomic E-state index is -4.58. The largest absolute Gasteiger partial charge is 0.433 e. The quantitative estimate of drug-likeness (QED) is 0.717. The summed E-state index contributed by atoms with van der Waals surface area (Å²) in [6.07, 6.45) is -2.03. The fraction of sp³-hybridized carbons (Fsp3) is 0.118. The summed E-state index contributed by atoms with van der Waals surface area (Å²) in [5.74, 6) is -0.695. The van der Waals surface area contributed by atoms with Gasteiger partial charge in [0.2, 0.25) is 5.95 Å². The highest BCUT2D eigenvalue weighted by molar-refractivity contribution is 5.39. The molecule has 8 heteroatoms. The minimum absolute atomic E-state index is 0.227. The van der Waals surface area contributed by atoms with Gasteiger partial charge in [-0.25, -0.2) is 14.4 Å². The highest BCUT2D eigenvalue weighted by Gasteiger charge is 2.33. The number of nitrogens with zero attached hydrogens (tertiary/aromatic N) is 3. The molecule has 0 radical (unpaired) electrons. The second kappa shape index (κ2) is 6.84. The highest BCUT2D eigenvalue weighted by atomic mass is 19.4. The molecule has 0 aliphatic carbocycles. The standard InChI is InChI=1S/C17H12F4N4/c18-12-5-3-4-11(10-12)15(13-6-1-2-8-22-13)25-16-23-9-7-14(24-16)17(19,20)21/h1-10,15H,(H,23,24,25). The van der Waals surface area contributed by atoms with Gasteiger partial charge in [0.1, 0.15) is 11.5 Å². The van der Waals surface area contributed by atoms with Crippen LogP contribution in [0.1, 0.15) is 23.0 Å². The molecule has 0 saturated carbocycles. The lowest BCUT2D eigenvalue weighted by molar-refractivity contribution is -0.141. The van der Waals surface area contributed by atoms with E-state index in [1.54, 1.807) is 24.3 Å². The number of pyridine rings is 1. The van der Waals surface area contributed by atoms with Crippen molar-refractivity contribution in [3.63, 3.8) is 0 Å². The summed E-state index contributed by atoms with van der Waals surface area (Å²) >= 11 is 0. The van der Waals surface area contributed by atoms with Gasteiger partial charge in [0.15, 0.2) is 0 Å². The average Bonchev–Trinajstić information content (AvgIpc) is 2.60. The van der Waals surface area contributed by atoms with Crippen LogP contribution in [0.2, 0.25) is 0 Å². The van der Waals surface area contributed by atoms with Crippen LogP contribution < -0.4 is 5.32 Å². The van der Waals surface area contributed by atoms with Crippen molar-refractivity contribution in [3.8, 4) is 0 Å². The van der Waals surface area contributed by atoms with Crippen molar-refractivity contribution in [2.45, 2.75) is 12.2 Å². The number of hydrogen-bond donors (Lipinski definition) is 1. The number of nitrogens with one attached hydrogen (secondary N) is 1. The first-order valence-corrected chi connectivity index (χ1v) is 7.26.